The van der Waals surface area contributed by atoms with Crippen LogP contribution in [-0.4, -0.2) is 13.1 Å². The van der Waals surface area contributed by atoms with Crippen LogP contribution in [0.25, 0.3) is 0 Å². The van der Waals surface area contributed by atoms with E-state index in [0.717, 1.165) is 17.8 Å². The standard InChI is InChI=1S/C15H22BrNS/c1-10-14(16)8-15(18-10)12-6-7-17-9-13(12)11-4-2-3-5-11/h8,11-13,17H,2-7,9H2,1H3. The maximum Gasteiger partial charge on any atom is 0.0314 e. The Bertz CT molecular complexity index is 389. The highest BCUT2D eigenvalue weighted by atomic mass is 79.9. The fraction of sp³-hybridized carbons (Fsp3) is 0.733. The van der Waals surface area contributed by atoms with E-state index in [9.17, 15) is 0 Å². The molecule has 1 aliphatic carbocycles. The maximum atomic E-state index is 3.68. The van der Waals surface area contributed by atoms with Crippen LogP contribution in [0.1, 0.15) is 47.8 Å². The van der Waals surface area contributed by atoms with E-state index in [4.69, 9.17) is 0 Å². The van der Waals surface area contributed by atoms with E-state index in [1.54, 1.807) is 4.88 Å². The maximum absolute atomic E-state index is 3.68. The van der Waals surface area contributed by atoms with Crippen molar-refractivity contribution in [3.8, 4) is 0 Å². The Kier molecular flexibility index (Phi) is 4.12. The largest absolute Gasteiger partial charge is 0.316 e. The predicted molar refractivity (Wildman–Crippen MR) is 82.4 cm³/mol. The molecule has 0 spiro atoms. The summed E-state index contributed by atoms with van der Waals surface area (Å²) in [7, 11) is 0. The van der Waals surface area contributed by atoms with Crippen molar-refractivity contribution < 1.29 is 0 Å². The van der Waals surface area contributed by atoms with Crippen LogP contribution < -0.4 is 5.32 Å². The van der Waals surface area contributed by atoms with Crippen molar-refractivity contribution in [2.75, 3.05) is 13.1 Å². The summed E-state index contributed by atoms with van der Waals surface area (Å²) in [6.07, 6.45) is 7.18. The summed E-state index contributed by atoms with van der Waals surface area (Å²) in [6.45, 7) is 4.66. The Morgan fingerprint density at radius 1 is 1.28 bits per heavy atom. The van der Waals surface area contributed by atoms with Gasteiger partial charge in [0.15, 0.2) is 0 Å². The summed E-state index contributed by atoms with van der Waals surface area (Å²) in [4.78, 5) is 3.06. The van der Waals surface area contributed by atoms with Crippen LogP contribution >= 0.6 is 27.3 Å². The molecule has 0 bridgehead atoms. The van der Waals surface area contributed by atoms with Gasteiger partial charge < -0.3 is 5.32 Å². The first-order valence-electron chi connectivity index (χ1n) is 7.22. The lowest BCUT2D eigenvalue weighted by Gasteiger charge is -2.35. The molecule has 2 unspecified atom stereocenters. The Morgan fingerprint density at radius 3 is 2.72 bits per heavy atom. The summed E-state index contributed by atoms with van der Waals surface area (Å²) in [5, 5.41) is 3.63. The molecule has 3 rings (SSSR count). The average Bonchev–Trinajstić information content (AvgIpc) is 3.01. The minimum Gasteiger partial charge on any atom is -0.316 e. The minimum absolute atomic E-state index is 0.810. The molecule has 3 heteroatoms. The monoisotopic (exact) mass is 327 g/mol. The third-order valence-corrected chi connectivity index (χ3v) is 7.04. The Morgan fingerprint density at radius 2 is 2.06 bits per heavy atom. The average molecular weight is 328 g/mol. The molecule has 1 aliphatic heterocycles. The summed E-state index contributed by atoms with van der Waals surface area (Å²) in [6, 6.07) is 2.39. The van der Waals surface area contributed by atoms with Crippen molar-refractivity contribution in [2.45, 2.75) is 44.9 Å². The van der Waals surface area contributed by atoms with Crippen molar-refractivity contribution in [2.24, 2.45) is 11.8 Å². The summed E-state index contributed by atoms with van der Waals surface area (Å²) >= 11 is 5.69. The van der Waals surface area contributed by atoms with Crippen molar-refractivity contribution in [3.63, 3.8) is 0 Å². The first-order valence-corrected chi connectivity index (χ1v) is 8.83. The molecular formula is C15H22BrNS. The molecule has 0 radical (unpaired) electrons. The smallest absolute Gasteiger partial charge is 0.0314 e. The second kappa shape index (κ2) is 5.64. The Labute approximate surface area is 122 Å². The van der Waals surface area contributed by atoms with Crippen LogP contribution in [0.5, 0.6) is 0 Å². The first-order chi connectivity index (χ1) is 8.75. The Hall–Kier alpha value is 0.140. The molecule has 1 saturated heterocycles. The zero-order valence-corrected chi connectivity index (χ0v) is 13.4. The van der Waals surface area contributed by atoms with Gasteiger partial charge in [0, 0.05) is 14.2 Å². The van der Waals surface area contributed by atoms with Gasteiger partial charge in [0.2, 0.25) is 0 Å². The molecule has 1 aromatic rings. The number of rotatable bonds is 2. The van der Waals surface area contributed by atoms with Crippen molar-refractivity contribution >= 4 is 27.3 Å². The molecule has 2 aliphatic rings. The van der Waals surface area contributed by atoms with Crippen molar-refractivity contribution in [1.29, 1.82) is 0 Å². The molecule has 1 nitrogen and oxygen atoms in total. The zero-order chi connectivity index (χ0) is 12.5. The van der Waals surface area contributed by atoms with Gasteiger partial charge in [-0.3, -0.25) is 0 Å². The SMILES string of the molecule is Cc1sc(C2CCNCC2C2CCCC2)cc1Br. The lowest BCUT2D eigenvalue weighted by Crippen LogP contribution is -2.38. The van der Waals surface area contributed by atoms with Crippen molar-refractivity contribution in [3.05, 3.63) is 20.3 Å². The van der Waals surface area contributed by atoms with Crippen LogP contribution in [0.15, 0.2) is 10.5 Å². The summed E-state index contributed by atoms with van der Waals surface area (Å²) < 4.78 is 1.31. The van der Waals surface area contributed by atoms with E-state index in [0.29, 0.717) is 0 Å². The molecule has 1 saturated carbocycles. The van der Waals surface area contributed by atoms with Gasteiger partial charge in [0.05, 0.1) is 0 Å². The topological polar surface area (TPSA) is 12.0 Å². The number of nitrogens with one attached hydrogen (secondary N) is 1. The molecule has 2 atom stereocenters. The van der Waals surface area contributed by atoms with Crippen LogP contribution in [0.4, 0.5) is 0 Å². The van der Waals surface area contributed by atoms with Crippen LogP contribution in [0.3, 0.4) is 0 Å². The third kappa shape index (κ3) is 2.54. The van der Waals surface area contributed by atoms with Gasteiger partial charge in [-0.2, -0.15) is 0 Å². The highest BCUT2D eigenvalue weighted by molar-refractivity contribution is 9.10. The van der Waals surface area contributed by atoms with Gasteiger partial charge >= 0.3 is 0 Å². The number of thiophene rings is 1. The van der Waals surface area contributed by atoms with Crippen LogP contribution in [0, 0.1) is 18.8 Å². The normalized spacial score (nSPS) is 29.9. The summed E-state index contributed by atoms with van der Waals surface area (Å²) in [5.74, 6) is 2.67. The zero-order valence-electron chi connectivity index (χ0n) is 11.0. The highest BCUT2D eigenvalue weighted by Gasteiger charge is 2.34. The fourth-order valence-corrected chi connectivity index (χ4v) is 5.55. The molecule has 0 aromatic carbocycles. The quantitative estimate of drug-likeness (QED) is 0.829. The summed E-state index contributed by atoms with van der Waals surface area (Å²) in [5.41, 5.74) is 0. The Balaban J connectivity index is 1.82. The van der Waals surface area contributed by atoms with Crippen molar-refractivity contribution in [1.82, 2.24) is 5.32 Å². The molecule has 1 aromatic heterocycles. The molecule has 1 N–H and O–H groups in total. The number of aryl methyl sites for hydroxylation is 1. The van der Waals surface area contributed by atoms with E-state index < -0.39 is 0 Å². The van der Waals surface area contributed by atoms with Gasteiger partial charge in [-0.1, -0.05) is 25.7 Å². The fourth-order valence-electron chi connectivity index (χ4n) is 3.78. The van der Waals surface area contributed by atoms with E-state index in [-0.39, 0.29) is 0 Å². The number of piperidine rings is 1. The number of halogens is 1. The number of hydrogen-bond acceptors (Lipinski definition) is 2. The van der Waals surface area contributed by atoms with Gasteiger partial charge in [-0.25, -0.2) is 0 Å². The predicted octanol–water partition coefficient (Wildman–Crippen LogP) is 4.70. The van der Waals surface area contributed by atoms with Crippen LogP contribution in [0.2, 0.25) is 0 Å². The van der Waals surface area contributed by atoms with E-state index >= 15 is 0 Å². The second-order valence-electron chi connectivity index (χ2n) is 5.86. The minimum atomic E-state index is 0.810. The van der Waals surface area contributed by atoms with E-state index in [1.165, 1.54) is 54.5 Å². The van der Waals surface area contributed by atoms with Gasteiger partial charge in [0.1, 0.15) is 0 Å². The lowest BCUT2D eigenvalue weighted by molar-refractivity contribution is 0.233. The third-order valence-electron chi connectivity index (χ3n) is 4.78. The van der Waals surface area contributed by atoms with Crippen LogP contribution in [-0.2, 0) is 0 Å². The lowest BCUT2D eigenvalue weighted by atomic mass is 9.76. The van der Waals surface area contributed by atoms with E-state index in [2.05, 4.69) is 34.2 Å². The molecule has 18 heavy (non-hydrogen) atoms. The second-order valence-corrected chi connectivity index (χ2v) is 8.00. The van der Waals surface area contributed by atoms with Gasteiger partial charge in [-0.15, -0.1) is 11.3 Å². The number of hydrogen-bond donors (Lipinski definition) is 1. The highest BCUT2D eigenvalue weighted by Crippen LogP contribution is 2.44. The molecule has 100 valence electrons. The molecule has 0 amide bonds. The molecular weight excluding hydrogens is 306 g/mol. The first kappa shape index (κ1) is 13.1. The van der Waals surface area contributed by atoms with Gasteiger partial charge in [0.25, 0.3) is 0 Å². The van der Waals surface area contributed by atoms with E-state index in [1.807, 2.05) is 11.3 Å². The van der Waals surface area contributed by atoms with Gasteiger partial charge in [-0.05, 0) is 66.2 Å². The molecule has 2 fully saturated rings. The molecule has 2 heterocycles.